The molecule has 80 valence electrons. The van der Waals surface area contributed by atoms with E-state index < -0.39 is 0 Å². The third-order valence-electron chi connectivity index (χ3n) is 2.54. The zero-order chi connectivity index (χ0) is 10.5. The molecule has 1 aromatic heterocycles. The zero-order valence-corrected chi connectivity index (χ0v) is 10.2. The third kappa shape index (κ3) is 3.40. The Kier molecular flexibility index (Phi) is 3.87. The van der Waals surface area contributed by atoms with Gasteiger partial charge >= 0.3 is 0 Å². The molecule has 2 heterocycles. The summed E-state index contributed by atoms with van der Waals surface area (Å²) >= 11 is 3.26. The smallest absolute Gasteiger partial charge is 0.178 e. The van der Waals surface area contributed by atoms with Crippen LogP contribution in [0.2, 0.25) is 0 Å². The number of likely N-dealkylation sites (tertiary alicyclic amines) is 1. The highest BCUT2D eigenvalue weighted by Crippen LogP contribution is 2.12. The Balaban J connectivity index is 1.84. The van der Waals surface area contributed by atoms with Crippen molar-refractivity contribution in [2.45, 2.75) is 19.3 Å². The predicted octanol–water partition coefficient (Wildman–Crippen LogP) is 2.88. The van der Waals surface area contributed by atoms with E-state index >= 15 is 0 Å². The number of rotatable bonds is 1. The van der Waals surface area contributed by atoms with E-state index in [4.69, 9.17) is 4.42 Å². The highest BCUT2D eigenvalue weighted by Gasteiger charge is 2.07. The van der Waals surface area contributed by atoms with E-state index in [0.717, 1.165) is 17.0 Å². The Morgan fingerprint density at radius 1 is 1.27 bits per heavy atom. The van der Waals surface area contributed by atoms with Crippen LogP contribution < -0.4 is 0 Å². The van der Waals surface area contributed by atoms with Gasteiger partial charge in [0.2, 0.25) is 0 Å². The summed E-state index contributed by atoms with van der Waals surface area (Å²) in [5.41, 5.74) is 0. The maximum atomic E-state index is 5.30. The molecule has 2 rings (SSSR count). The average Bonchev–Trinajstić information content (AvgIpc) is 2.66. The molecule has 15 heavy (non-hydrogen) atoms. The lowest BCUT2D eigenvalue weighted by atomic mass is 10.1. The molecule has 0 unspecified atom stereocenters. The van der Waals surface area contributed by atoms with Gasteiger partial charge in [-0.3, -0.25) is 4.90 Å². The van der Waals surface area contributed by atoms with Gasteiger partial charge in [0.25, 0.3) is 0 Å². The van der Waals surface area contributed by atoms with Gasteiger partial charge in [0.1, 0.15) is 0 Å². The summed E-state index contributed by atoms with van der Waals surface area (Å²) in [6, 6.07) is 3.75. The summed E-state index contributed by atoms with van der Waals surface area (Å²) < 4.78 is 6.04. The maximum Gasteiger partial charge on any atom is 0.178 e. The van der Waals surface area contributed by atoms with Crippen molar-refractivity contribution in [3.8, 4) is 11.8 Å². The number of halogens is 1. The first-order chi connectivity index (χ1) is 7.34. The number of nitrogens with zero attached hydrogens (tertiary/aromatic N) is 1. The van der Waals surface area contributed by atoms with E-state index in [-0.39, 0.29) is 0 Å². The summed E-state index contributed by atoms with van der Waals surface area (Å²) in [5, 5.41) is 0. The Morgan fingerprint density at radius 3 is 2.73 bits per heavy atom. The van der Waals surface area contributed by atoms with Crippen LogP contribution in [0.15, 0.2) is 21.2 Å². The van der Waals surface area contributed by atoms with Crippen molar-refractivity contribution in [3.63, 3.8) is 0 Å². The van der Waals surface area contributed by atoms with Gasteiger partial charge in [0.15, 0.2) is 10.4 Å². The van der Waals surface area contributed by atoms with E-state index in [2.05, 4.69) is 32.7 Å². The summed E-state index contributed by atoms with van der Waals surface area (Å²) in [6.07, 6.45) is 4.00. The minimum absolute atomic E-state index is 0.735. The van der Waals surface area contributed by atoms with E-state index in [9.17, 15) is 0 Å². The normalized spacial score (nSPS) is 17.1. The Labute approximate surface area is 98.8 Å². The fourth-order valence-corrected chi connectivity index (χ4v) is 2.04. The van der Waals surface area contributed by atoms with E-state index in [0.29, 0.717) is 0 Å². The number of furan rings is 1. The monoisotopic (exact) mass is 267 g/mol. The molecule has 1 aromatic rings. The topological polar surface area (TPSA) is 16.4 Å². The van der Waals surface area contributed by atoms with E-state index in [1.54, 1.807) is 0 Å². The molecule has 0 spiro atoms. The molecular formula is C12H14BrNO. The first kappa shape index (κ1) is 10.8. The standard InChI is InChI=1S/C12H14BrNO/c13-12-7-6-11(15-12)5-4-10-14-8-2-1-3-9-14/h6-7H,1-3,8-10H2. The SMILES string of the molecule is Brc1ccc(C#CCN2CCCCC2)o1. The molecule has 0 saturated carbocycles. The van der Waals surface area contributed by atoms with Crippen molar-refractivity contribution in [1.29, 1.82) is 0 Å². The lowest BCUT2D eigenvalue weighted by Gasteiger charge is -2.23. The van der Waals surface area contributed by atoms with E-state index in [1.807, 2.05) is 12.1 Å². The second-order valence-electron chi connectivity index (χ2n) is 3.74. The molecule has 1 fully saturated rings. The summed E-state index contributed by atoms with van der Waals surface area (Å²) in [4.78, 5) is 2.40. The van der Waals surface area contributed by atoms with Crippen molar-refractivity contribution in [2.24, 2.45) is 0 Å². The Bertz CT molecular complexity index is 368. The van der Waals surface area contributed by atoms with Crippen molar-refractivity contribution in [1.82, 2.24) is 4.90 Å². The van der Waals surface area contributed by atoms with Gasteiger partial charge in [0, 0.05) is 0 Å². The van der Waals surface area contributed by atoms with Crippen molar-refractivity contribution >= 4 is 15.9 Å². The largest absolute Gasteiger partial charge is 0.441 e. The molecule has 0 bridgehead atoms. The maximum absolute atomic E-state index is 5.30. The molecule has 3 heteroatoms. The minimum Gasteiger partial charge on any atom is -0.441 e. The van der Waals surface area contributed by atoms with Crippen molar-refractivity contribution < 1.29 is 4.42 Å². The van der Waals surface area contributed by atoms with Crippen LogP contribution in [0.1, 0.15) is 25.0 Å². The average molecular weight is 268 g/mol. The molecule has 0 amide bonds. The lowest BCUT2D eigenvalue weighted by Crippen LogP contribution is -2.29. The number of hydrogen-bond acceptors (Lipinski definition) is 2. The van der Waals surface area contributed by atoms with Crippen LogP contribution in [0.3, 0.4) is 0 Å². The van der Waals surface area contributed by atoms with E-state index in [1.165, 1.54) is 32.4 Å². The highest BCUT2D eigenvalue weighted by molar-refractivity contribution is 9.10. The molecule has 0 atom stereocenters. The van der Waals surface area contributed by atoms with Gasteiger partial charge in [-0.05, 0) is 59.9 Å². The van der Waals surface area contributed by atoms with Crippen LogP contribution in [-0.4, -0.2) is 24.5 Å². The fourth-order valence-electron chi connectivity index (χ4n) is 1.74. The fraction of sp³-hybridized carbons (Fsp3) is 0.500. The predicted molar refractivity (Wildman–Crippen MR) is 63.6 cm³/mol. The molecule has 0 radical (unpaired) electrons. The van der Waals surface area contributed by atoms with Crippen LogP contribution in [0.5, 0.6) is 0 Å². The molecule has 1 aliphatic rings. The number of hydrogen-bond donors (Lipinski definition) is 0. The molecule has 1 saturated heterocycles. The van der Waals surface area contributed by atoms with Gasteiger partial charge in [-0.15, -0.1) is 0 Å². The quantitative estimate of drug-likeness (QED) is 0.728. The Hall–Kier alpha value is -0.720. The zero-order valence-electron chi connectivity index (χ0n) is 8.63. The minimum atomic E-state index is 0.735. The van der Waals surface area contributed by atoms with Gasteiger partial charge in [-0.2, -0.15) is 0 Å². The molecule has 2 nitrogen and oxygen atoms in total. The summed E-state index contributed by atoms with van der Waals surface area (Å²) in [5.74, 6) is 6.91. The molecular weight excluding hydrogens is 254 g/mol. The second kappa shape index (κ2) is 5.39. The van der Waals surface area contributed by atoms with Gasteiger partial charge in [0.05, 0.1) is 6.54 Å². The van der Waals surface area contributed by atoms with Crippen molar-refractivity contribution in [3.05, 3.63) is 22.6 Å². The molecule has 0 aliphatic carbocycles. The highest BCUT2D eigenvalue weighted by atomic mass is 79.9. The molecule has 0 N–H and O–H groups in total. The lowest BCUT2D eigenvalue weighted by molar-refractivity contribution is 0.255. The first-order valence-electron chi connectivity index (χ1n) is 5.31. The Morgan fingerprint density at radius 2 is 2.07 bits per heavy atom. The number of piperidine rings is 1. The van der Waals surface area contributed by atoms with Gasteiger partial charge in [-0.25, -0.2) is 0 Å². The van der Waals surface area contributed by atoms with Crippen LogP contribution in [0.25, 0.3) is 0 Å². The van der Waals surface area contributed by atoms with Gasteiger partial charge < -0.3 is 4.42 Å². The molecule has 1 aliphatic heterocycles. The third-order valence-corrected chi connectivity index (χ3v) is 2.96. The van der Waals surface area contributed by atoms with Crippen LogP contribution >= 0.6 is 15.9 Å². The molecule has 0 aromatic carbocycles. The van der Waals surface area contributed by atoms with Crippen LogP contribution in [0, 0.1) is 11.8 Å². The van der Waals surface area contributed by atoms with Crippen LogP contribution in [-0.2, 0) is 0 Å². The van der Waals surface area contributed by atoms with Gasteiger partial charge in [-0.1, -0.05) is 12.3 Å². The first-order valence-corrected chi connectivity index (χ1v) is 6.10. The summed E-state index contributed by atoms with van der Waals surface area (Å²) in [6.45, 7) is 3.24. The second-order valence-corrected chi connectivity index (χ2v) is 4.52. The van der Waals surface area contributed by atoms with Crippen LogP contribution in [0.4, 0.5) is 0 Å². The van der Waals surface area contributed by atoms with Crippen molar-refractivity contribution in [2.75, 3.05) is 19.6 Å². The summed E-state index contributed by atoms with van der Waals surface area (Å²) in [7, 11) is 0.